The van der Waals surface area contributed by atoms with Gasteiger partial charge in [-0.05, 0) is 87.4 Å². The lowest BCUT2D eigenvalue weighted by atomic mass is 9.92. The number of anilines is 1. The fourth-order valence-corrected chi connectivity index (χ4v) is 6.03. The van der Waals surface area contributed by atoms with Gasteiger partial charge in [0.15, 0.2) is 0 Å². The van der Waals surface area contributed by atoms with Crippen molar-refractivity contribution in [3.8, 4) is 5.75 Å². The number of rotatable bonds is 12. The third-order valence-corrected chi connectivity index (χ3v) is 8.42. The van der Waals surface area contributed by atoms with Crippen LogP contribution in [0.4, 0.5) is 19.0 Å². The molecular formula is C31H43F3N4O3. The van der Waals surface area contributed by atoms with Crippen LogP contribution < -0.4 is 10.1 Å². The number of carboxylic acid groups (broad SMARTS) is 1. The van der Waals surface area contributed by atoms with Crippen molar-refractivity contribution in [2.75, 3.05) is 45.7 Å². The molecule has 226 valence electrons. The summed E-state index contributed by atoms with van der Waals surface area (Å²) >= 11 is 0. The number of alkyl halides is 3. The van der Waals surface area contributed by atoms with Crippen molar-refractivity contribution in [1.29, 1.82) is 0 Å². The Morgan fingerprint density at radius 1 is 1.24 bits per heavy atom. The molecule has 0 amide bonds. The van der Waals surface area contributed by atoms with E-state index in [2.05, 4.69) is 22.3 Å². The van der Waals surface area contributed by atoms with Gasteiger partial charge >= 0.3 is 12.1 Å². The summed E-state index contributed by atoms with van der Waals surface area (Å²) in [4.78, 5) is 21.3. The summed E-state index contributed by atoms with van der Waals surface area (Å²) in [5, 5.41) is 13.6. The van der Waals surface area contributed by atoms with E-state index in [-0.39, 0.29) is 17.5 Å². The summed E-state index contributed by atoms with van der Waals surface area (Å²) in [6.07, 6.45) is 2.38. The number of fused-ring (bicyclic) bond motifs is 1. The first-order valence-corrected chi connectivity index (χ1v) is 14.7. The monoisotopic (exact) mass is 576 g/mol. The van der Waals surface area contributed by atoms with E-state index in [1.165, 1.54) is 12.7 Å². The SMILES string of the molecule is COc1c([C@H](C(=O)O)N2CC[C@@H](N(C)CCCCCc3ccc4c(n3)NCCC4)C2)cc(C(C)C)cc1C(F)(F)F. The van der Waals surface area contributed by atoms with E-state index in [4.69, 9.17) is 9.72 Å². The van der Waals surface area contributed by atoms with Gasteiger partial charge in [-0.3, -0.25) is 9.69 Å². The number of aromatic nitrogens is 1. The smallest absolute Gasteiger partial charge is 0.419 e. The molecule has 2 N–H and O–H groups in total. The molecule has 0 spiro atoms. The summed E-state index contributed by atoms with van der Waals surface area (Å²) < 4.78 is 47.1. The Morgan fingerprint density at radius 2 is 2.02 bits per heavy atom. The van der Waals surface area contributed by atoms with Gasteiger partial charge < -0.3 is 20.1 Å². The van der Waals surface area contributed by atoms with Crippen molar-refractivity contribution in [2.45, 2.75) is 83.0 Å². The highest BCUT2D eigenvalue weighted by Gasteiger charge is 2.41. The number of methoxy groups -OCH3 is 1. The standard InChI is InChI=1S/C31H43F3N4O3/c1-20(2)22-17-25(28(41-4)26(18-22)31(32,33)34)27(30(39)40)38-16-13-24(19-38)37(3)15-7-5-6-10-23-12-11-21-9-8-14-35-29(21)36-23/h11-12,17-18,20,24,27H,5-10,13-16,19H2,1-4H3,(H,35,36)(H,39,40)/t24-,27-/m1/s1. The van der Waals surface area contributed by atoms with E-state index in [9.17, 15) is 23.1 Å². The zero-order chi connectivity index (χ0) is 29.7. The molecule has 1 aromatic carbocycles. The minimum atomic E-state index is -4.66. The first-order chi connectivity index (χ1) is 19.5. The van der Waals surface area contributed by atoms with Crippen molar-refractivity contribution in [3.05, 3.63) is 52.2 Å². The van der Waals surface area contributed by atoms with Crippen molar-refractivity contribution in [2.24, 2.45) is 0 Å². The number of benzene rings is 1. The van der Waals surface area contributed by atoms with E-state index in [1.807, 2.05) is 7.05 Å². The number of ether oxygens (including phenoxy) is 1. The summed E-state index contributed by atoms with van der Waals surface area (Å²) in [5.74, 6) is -0.753. The highest BCUT2D eigenvalue weighted by atomic mass is 19.4. The number of pyridine rings is 1. The average Bonchev–Trinajstić information content (AvgIpc) is 3.41. The second-order valence-corrected chi connectivity index (χ2v) is 11.7. The lowest BCUT2D eigenvalue weighted by Crippen LogP contribution is -2.38. The van der Waals surface area contributed by atoms with E-state index in [0.717, 1.165) is 75.6 Å². The quantitative estimate of drug-likeness (QED) is 0.294. The minimum absolute atomic E-state index is 0.0628. The number of aryl methyl sites for hydroxylation is 2. The first kappa shape index (κ1) is 31.1. The molecule has 2 aliphatic rings. The maximum atomic E-state index is 14.0. The van der Waals surface area contributed by atoms with Crippen molar-refractivity contribution < 1.29 is 27.8 Å². The Balaban J connectivity index is 1.35. The zero-order valence-electron chi connectivity index (χ0n) is 24.6. The summed E-state index contributed by atoms with van der Waals surface area (Å²) in [5.41, 5.74) is 1.98. The van der Waals surface area contributed by atoms with Gasteiger partial charge in [-0.2, -0.15) is 13.2 Å². The predicted molar refractivity (Wildman–Crippen MR) is 154 cm³/mol. The predicted octanol–water partition coefficient (Wildman–Crippen LogP) is 6.14. The van der Waals surface area contributed by atoms with Crippen molar-refractivity contribution in [3.63, 3.8) is 0 Å². The Morgan fingerprint density at radius 3 is 2.71 bits per heavy atom. The Bertz CT molecular complexity index is 1200. The van der Waals surface area contributed by atoms with Crippen LogP contribution in [0.2, 0.25) is 0 Å². The van der Waals surface area contributed by atoms with Crippen LogP contribution in [0.15, 0.2) is 24.3 Å². The minimum Gasteiger partial charge on any atom is -0.496 e. The van der Waals surface area contributed by atoms with Crippen LogP contribution in [0.25, 0.3) is 0 Å². The number of unbranched alkanes of at least 4 members (excludes halogenated alkanes) is 2. The summed E-state index contributed by atoms with van der Waals surface area (Å²) in [7, 11) is 3.21. The van der Waals surface area contributed by atoms with Crippen molar-refractivity contribution >= 4 is 11.8 Å². The van der Waals surface area contributed by atoms with Gasteiger partial charge in [-0.15, -0.1) is 0 Å². The molecule has 0 saturated carbocycles. The van der Waals surface area contributed by atoms with Gasteiger partial charge in [0.05, 0.1) is 12.7 Å². The maximum Gasteiger partial charge on any atom is 0.419 e. The largest absolute Gasteiger partial charge is 0.496 e. The number of hydrogen-bond acceptors (Lipinski definition) is 6. The molecule has 0 unspecified atom stereocenters. The number of carboxylic acids is 1. The molecule has 3 heterocycles. The van der Waals surface area contributed by atoms with Gasteiger partial charge in [0.2, 0.25) is 0 Å². The zero-order valence-corrected chi connectivity index (χ0v) is 24.6. The number of aliphatic carboxylic acids is 1. The van der Waals surface area contributed by atoms with E-state index in [0.29, 0.717) is 18.7 Å². The topological polar surface area (TPSA) is 77.9 Å². The number of nitrogens with zero attached hydrogens (tertiary/aromatic N) is 3. The lowest BCUT2D eigenvalue weighted by Gasteiger charge is -2.29. The molecule has 1 fully saturated rings. The molecule has 7 nitrogen and oxygen atoms in total. The summed E-state index contributed by atoms with van der Waals surface area (Å²) in [6.45, 7) is 6.40. The van der Waals surface area contributed by atoms with Crippen LogP contribution >= 0.6 is 0 Å². The number of halogens is 3. The maximum absolute atomic E-state index is 14.0. The molecule has 41 heavy (non-hydrogen) atoms. The van der Waals surface area contributed by atoms with Gasteiger partial charge in [-0.1, -0.05) is 26.3 Å². The fourth-order valence-electron chi connectivity index (χ4n) is 6.03. The molecule has 2 atom stereocenters. The van der Waals surface area contributed by atoms with E-state index in [1.54, 1.807) is 24.8 Å². The highest BCUT2D eigenvalue weighted by molar-refractivity contribution is 5.77. The lowest BCUT2D eigenvalue weighted by molar-refractivity contribution is -0.144. The van der Waals surface area contributed by atoms with E-state index >= 15 is 0 Å². The number of likely N-dealkylation sites (tertiary alicyclic amines) is 1. The van der Waals surface area contributed by atoms with Gasteiger partial charge in [0.25, 0.3) is 0 Å². The van der Waals surface area contributed by atoms with Crippen LogP contribution in [0.5, 0.6) is 5.75 Å². The second kappa shape index (κ2) is 13.4. The van der Waals surface area contributed by atoms with Crippen LogP contribution in [-0.2, 0) is 23.8 Å². The van der Waals surface area contributed by atoms with Gasteiger partial charge in [0, 0.05) is 36.9 Å². The molecule has 1 saturated heterocycles. The number of hydrogen-bond donors (Lipinski definition) is 2. The van der Waals surface area contributed by atoms with Crippen LogP contribution in [-0.4, -0.2) is 72.2 Å². The number of likely N-dealkylation sites (N-methyl/N-ethyl adjacent to an activating group) is 1. The van der Waals surface area contributed by atoms with Gasteiger partial charge in [0.1, 0.15) is 17.6 Å². The second-order valence-electron chi connectivity index (χ2n) is 11.7. The fraction of sp³-hybridized carbons (Fsp3) is 0.613. The summed E-state index contributed by atoms with van der Waals surface area (Å²) in [6, 6.07) is 5.88. The first-order valence-electron chi connectivity index (χ1n) is 14.7. The molecule has 0 radical (unpaired) electrons. The highest BCUT2D eigenvalue weighted by Crippen LogP contribution is 2.44. The van der Waals surface area contributed by atoms with E-state index < -0.39 is 29.5 Å². The number of carbonyl (C=O) groups is 1. The van der Waals surface area contributed by atoms with Crippen LogP contribution in [0, 0.1) is 0 Å². The molecule has 0 bridgehead atoms. The Labute approximate surface area is 241 Å². The van der Waals surface area contributed by atoms with Crippen molar-refractivity contribution in [1.82, 2.24) is 14.8 Å². The van der Waals surface area contributed by atoms with Crippen LogP contribution in [0.3, 0.4) is 0 Å². The normalized spacial score (nSPS) is 18.4. The van der Waals surface area contributed by atoms with Crippen LogP contribution in [0.1, 0.15) is 85.9 Å². The molecule has 10 heteroatoms. The average molecular weight is 577 g/mol. The molecule has 0 aliphatic carbocycles. The third kappa shape index (κ3) is 7.52. The Kier molecular flexibility index (Phi) is 10.2. The third-order valence-electron chi connectivity index (χ3n) is 8.42. The molecule has 2 aliphatic heterocycles. The molecular weight excluding hydrogens is 533 g/mol. The number of nitrogens with one attached hydrogen (secondary N) is 1. The molecule has 4 rings (SSSR count). The Hall–Kier alpha value is -2.85. The van der Waals surface area contributed by atoms with Gasteiger partial charge in [-0.25, -0.2) is 4.98 Å². The molecule has 2 aromatic rings. The molecule has 1 aromatic heterocycles.